The van der Waals surface area contributed by atoms with Gasteiger partial charge in [0.05, 0.1) is 17.7 Å². The molecule has 0 fully saturated rings. The number of hydrogen-bond acceptors (Lipinski definition) is 5. The van der Waals surface area contributed by atoms with Crippen LogP contribution >= 0.6 is 0 Å². The molecule has 0 saturated carbocycles. The van der Waals surface area contributed by atoms with Gasteiger partial charge in [-0.2, -0.15) is 0 Å². The lowest BCUT2D eigenvalue weighted by Gasteiger charge is -2.08. The molecule has 0 saturated heterocycles. The summed E-state index contributed by atoms with van der Waals surface area (Å²) in [6.07, 6.45) is 2.24. The Hall–Kier alpha value is -2.15. The average Bonchev–Trinajstić information content (AvgIpc) is 2.90. The van der Waals surface area contributed by atoms with Crippen molar-refractivity contribution in [2.45, 2.75) is 11.8 Å². The molecule has 0 aliphatic carbocycles. The van der Waals surface area contributed by atoms with Crippen LogP contribution in [0.15, 0.2) is 47.8 Å². The highest BCUT2D eigenvalue weighted by molar-refractivity contribution is 7.90. The maximum absolute atomic E-state index is 12.3. The summed E-state index contributed by atoms with van der Waals surface area (Å²) < 4.78 is 30.3. The van der Waals surface area contributed by atoms with Crippen molar-refractivity contribution in [1.82, 2.24) is 8.96 Å². The first kappa shape index (κ1) is 13.3. The Morgan fingerprint density at radius 3 is 2.63 bits per heavy atom. The summed E-state index contributed by atoms with van der Waals surface area (Å²) in [6, 6.07) is 7.81. The Morgan fingerprint density at radius 1 is 1.32 bits per heavy atom. The van der Waals surface area contributed by atoms with Crippen LogP contribution < -0.4 is 0 Å². The number of rotatable bonds is 4. The van der Waals surface area contributed by atoms with E-state index in [-0.39, 0.29) is 17.2 Å². The van der Waals surface area contributed by atoms with Crippen LogP contribution in [-0.4, -0.2) is 30.0 Å². The molecule has 1 aromatic carbocycles. The van der Waals surface area contributed by atoms with Crippen molar-refractivity contribution in [2.75, 3.05) is 6.61 Å². The van der Waals surface area contributed by atoms with Crippen molar-refractivity contribution in [3.05, 3.63) is 48.5 Å². The van der Waals surface area contributed by atoms with Crippen molar-refractivity contribution in [3.8, 4) is 0 Å². The third-order valence-corrected chi connectivity index (χ3v) is 4.07. The molecule has 0 radical (unpaired) electrons. The number of esters is 1. The summed E-state index contributed by atoms with van der Waals surface area (Å²) in [4.78, 5) is 15.4. The lowest BCUT2D eigenvalue weighted by molar-refractivity contribution is 0.0518. The van der Waals surface area contributed by atoms with E-state index in [1.165, 1.54) is 18.3 Å². The summed E-state index contributed by atoms with van der Waals surface area (Å²) in [5.74, 6) is -0.723. The second-order valence-electron chi connectivity index (χ2n) is 3.61. The van der Waals surface area contributed by atoms with Crippen molar-refractivity contribution in [1.29, 1.82) is 0 Å². The SMILES string of the molecule is CCOC(=O)c1cncn1S(=O)(=O)c1ccccc1. The summed E-state index contributed by atoms with van der Waals surface area (Å²) in [6.45, 7) is 1.81. The van der Waals surface area contributed by atoms with E-state index in [4.69, 9.17) is 4.74 Å². The Morgan fingerprint density at radius 2 is 2.00 bits per heavy atom. The molecule has 0 N–H and O–H groups in total. The lowest BCUT2D eigenvalue weighted by atomic mass is 10.4. The second-order valence-corrected chi connectivity index (χ2v) is 5.43. The second kappa shape index (κ2) is 5.23. The fraction of sp³-hybridized carbons (Fsp3) is 0.167. The zero-order valence-corrected chi connectivity index (χ0v) is 11.0. The van der Waals surface area contributed by atoms with Gasteiger partial charge < -0.3 is 4.74 Å². The normalized spacial score (nSPS) is 11.2. The number of aromatic nitrogens is 2. The minimum atomic E-state index is -3.84. The smallest absolute Gasteiger partial charge is 0.357 e. The molecule has 0 amide bonds. The van der Waals surface area contributed by atoms with Crippen molar-refractivity contribution < 1.29 is 17.9 Å². The molecule has 19 heavy (non-hydrogen) atoms. The van der Waals surface area contributed by atoms with E-state index in [1.54, 1.807) is 25.1 Å². The topological polar surface area (TPSA) is 78.3 Å². The molecule has 0 aliphatic rings. The molecule has 1 aromatic heterocycles. The maximum Gasteiger partial charge on any atom is 0.357 e. The van der Waals surface area contributed by atoms with Gasteiger partial charge in [-0.3, -0.25) is 0 Å². The molecule has 0 bridgehead atoms. The van der Waals surface area contributed by atoms with Gasteiger partial charge in [-0.15, -0.1) is 0 Å². The van der Waals surface area contributed by atoms with Gasteiger partial charge >= 0.3 is 5.97 Å². The molecule has 0 atom stereocenters. The first-order valence-electron chi connectivity index (χ1n) is 5.57. The highest BCUT2D eigenvalue weighted by atomic mass is 32.2. The third-order valence-electron chi connectivity index (χ3n) is 2.39. The Labute approximate surface area is 110 Å². The van der Waals surface area contributed by atoms with E-state index in [9.17, 15) is 13.2 Å². The van der Waals surface area contributed by atoms with Gasteiger partial charge in [0.25, 0.3) is 10.0 Å². The van der Waals surface area contributed by atoms with E-state index >= 15 is 0 Å². The molecular weight excluding hydrogens is 268 g/mol. The number of benzene rings is 1. The van der Waals surface area contributed by atoms with Gasteiger partial charge in [-0.1, -0.05) is 18.2 Å². The van der Waals surface area contributed by atoms with Gasteiger partial charge in [0.1, 0.15) is 6.33 Å². The largest absolute Gasteiger partial charge is 0.461 e. The Bertz CT molecular complexity index is 677. The molecule has 7 heteroatoms. The zero-order valence-electron chi connectivity index (χ0n) is 10.2. The number of carbonyl (C=O) groups is 1. The summed E-state index contributed by atoms with van der Waals surface area (Å²) in [7, 11) is -3.84. The van der Waals surface area contributed by atoms with Gasteiger partial charge in [0.15, 0.2) is 5.69 Å². The van der Waals surface area contributed by atoms with E-state index in [1.807, 2.05) is 0 Å². The molecule has 1 heterocycles. The number of carbonyl (C=O) groups excluding carboxylic acids is 1. The number of hydrogen-bond donors (Lipinski definition) is 0. The monoisotopic (exact) mass is 280 g/mol. The van der Waals surface area contributed by atoms with Crippen LogP contribution in [0.1, 0.15) is 17.4 Å². The molecule has 2 rings (SSSR count). The molecule has 2 aromatic rings. The molecule has 100 valence electrons. The van der Waals surface area contributed by atoms with Gasteiger partial charge in [0, 0.05) is 0 Å². The molecular formula is C12H12N2O4S. The van der Waals surface area contributed by atoms with Crippen LogP contribution in [0.2, 0.25) is 0 Å². The van der Waals surface area contributed by atoms with Crippen molar-refractivity contribution in [3.63, 3.8) is 0 Å². The quantitative estimate of drug-likeness (QED) is 0.789. The molecule has 0 unspecified atom stereocenters. The highest BCUT2D eigenvalue weighted by Crippen LogP contribution is 2.15. The average molecular weight is 280 g/mol. The van der Waals surface area contributed by atoms with Crippen LogP contribution in [-0.2, 0) is 14.8 Å². The summed E-state index contributed by atoms with van der Waals surface area (Å²) in [5, 5.41) is 0. The van der Waals surface area contributed by atoms with E-state index in [0.717, 1.165) is 10.3 Å². The summed E-state index contributed by atoms with van der Waals surface area (Å²) >= 11 is 0. The molecule has 0 aliphatic heterocycles. The number of nitrogens with zero attached hydrogens (tertiary/aromatic N) is 2. The van der Waals surface area contributed by atoms with E-state index in [0.29, 0.717) is 0 Å². The van der Waals surface area contributed by atoms with Crippen LogP contribution in [0.3, 0.4) is 0 Å². The van der Waals surface area contributed by atoms with Crippen molar-refractivity contribution >= 4 is 16.0 Å². The molecule has 6 nitrogen and oxygen atoms in total. The maximum atomic E-state index is 12.3. The lowest BCUT2D eigenvalue weighted by Crippen LogP contribution is -2.19. The minimum Gasteiger partial charge on any atom is -0.461 e. The fourth-order valence-electron chi connectivity index (χ4n) is 1.53. The fourth-order valence-corrected chi connectivity index (χ4v) is 2.82. The summed E-state index contributed by atoms with van der Waals surface area (Å²) in [5.41, 5.74) is -0.120. The highest BCUT2D eigenvalue weighted by Gasteiger charge is 2.23. The standard InChI is InChI=1S/C12H12N2O4S/c1-2-18-12(15)11-8-13-9-14(11)19(16,17)10-6-4-3-5-7-10/h3-9H,2H2,1H3. The third kappa shape index (κ3) is 2.50. The van der Waals surface area contributed by atoms with Crippen LogP contribution in [0, 0.1) is 0 Å². The van der Waals surface area contributed by atoms with E-state index in [2.05, 4.69) is 4.98 Å². The zero-order chi connectivity index (χ0) is 13.9. The predicted octanol–water partition coefficient (Wildman–Crippen LogP) is 1.30. The van der Waals surface area contributed by atoms with Crippen molar-refractivity contribution in [2.24, 2.45) is 0 Å². The predicted molar refractivity (Wildman–Crippen MR) is 67.2 cm³/mol. The number of imidazole rings is 1. The first-order valence-corrected chi connectivity index (χ1v) is 7.01. The number of ether oxygens (including phenoxy) is 1. The van der Waals surface area contributed by atoms with Crippen LogP contribution in [0.4, 0.5) is 0 Å². The van der Waals surface area contributed by atoms with Gasteiger partial charge in [-0.05, 0) is 19.1 Å². The van der Waals surface area contributed by atoms with Gasteiger partial charge in [-0.25, -0.2) is 22.2 Å². The first-order chi connectivity index (χ1) is 9.07. The minimum absolute atomic E-state index is 0.0820. The van der Waals surface area contributed by atoms with Gasteiger partial charge in [0.2, 0.25) is 0 Å². The Balaban J connectivity index is 2.49. The Kier molecular flexibility index (Phi) is 3.66. The van der Waals surface area contributed by atoms with Crippen LogP contribution in [0.25, 0.3) is 0 Å². The van der Waals surface area contributed by atoms with E-state index < -0.39 is 16.0 Å². The van der Waals surface area contributed by atoms with Crippen LogP contribution in [0.5, 0.6) is 0 Å². The molecule has 0 spiro atoms.